The SMILES string of the molecule is COC(=O)C(c1ccc(OCc2ccc3ccccc3n2)cc1)C(O)c1ccncc1. The van der Waals surface area contributed by atoms with Crippen molar-refractivity contribution in [3.8, 4) is 5.75 Å². The molecule has 4 rings (SSSR count). The van der Waals surface area contributed by atoms with E-state index in [1.54, 1.807) is 48.8 Å². The summed E-state index contributed by atoms with van der Waals surface area (Å²) >= 11 is 0. The number of nitrogens with zero attached hydrogens (tertiary/aromatic N) is 2. The van der Waals surface area contributed by atoms with E-state index < -0.39 is 18.0 Å². The largest absolute Gasteiger partial charge is 0.487 e. The van der Waals surface area contributed by atoms with Crippen LogP contribution in [0.1, 0.15) is 28.8 Å². The second-order valence-electron chi connectivity index (χ2n) is 7.08. The molecule has 6 heteroatoms. The lowest BCUT2D eigenvalue weighted by Crippen LogP contribution is -2.21. The molecule has 2 unspecified atom stereocenters. The topological polar surface area (TPSA) is 81.5 Å². The second-order valence-corrected chi connectivity index (χ2v) is 7.08. The molecule has 0 spiro atoms. The van der Waals surface area contributed by atoms with Gasteiger partial charge in [-0.1, -0.05) is 36.4 Å². The van der Waals surface area contributed by atoms with E-state index in [2.05, 4.69) is 9.97 Å². The first-order valence-corrected chi connectivity index (χ1v) is 9.89. The van der Waals surface area contributed by atoms with Crippen LogP contribution in [-0.2, 0) is 16.1 Å². The average Bonchev–Trinajstić information content (AvgIpc) is 2.84. The van der Waals surface area contributed by atoms with E-state index in [-0.39, 0.29) is 0 Å². The van der Waals surface area contributed by atoms with Crippen molar-refractivity contribution >= 4 is 16.9 Å². The van der Waals surface area contributed by atoms with Gasteiger partial charge in [-0.3, -0.25) is 9.78 Å². The van der Waals surface area contributed by atoms with Crippen molar-refractivity contribution in [1.82, 2.24) is 9.97 Å². The maximum absolute atomic E-state index is 12.4. The minimum atomic E-state index is -1.05. The summed E-state index contributed by atoms with van der Waals surface area (Å²) in [5.74, 6) is -0.734. The summed E-state index contributed by atoms with van der Waals surface area (Å²) in [7, 11) is 1.31. The number of carbonyl (C=O) groups excluding carboxylic acids is 1. The lowest BCUT2D eigenvalue weighted by atomic mass is 9.89. The molecule has 156 valence electrons. The van der Waals surface area contributed by atoms with Gasteiger partial charge >= 0.3 is 5.97 Å². The summed E-state index contributed by atoms with van der Waals surface area (Å²) in [4.78, 5) is 20.9. The summed E-state index contributed by atoms with van der Waals surface area (Å²) in [6.07, 6.45) is 2.10. The third kappa shape index (κ3) is 4.70. The van der Waals surface area contributed by atoms with Gasteiger partial charge in [-0.05, 0) is 47.5 Å². The number of fused-ring (bicyclic) bond motifs is 1. The van der Waals surface area contributed by atoms with Crippen LogP contribution in [0.25, 0.3) is 10.9 Å². The Balaban J connectivity index is 1.49. The molecule has 2 heterocycles. The Kier molecular flexibility index (Phi) is 6.19. The van der Waals surface area contributed by atoms with E-state index in [1.165, 1.54) is 7.11 Å². The van der Waals surface area contributed by atoms with E-state index in [0.717, 1.165) is 16.6 Å². The highest BCUT2D eigenvalue weighted by Crippen LogP contribution is 2.33. The van der Waals surface area contributed by atoms with Crippen LogP contribution < -0.4 is 4.74 Å². The number of aliphatic hydroxyl groups excluding tert-OH is 1. The summed E-state index contributed by atoms with van der Waals surface area (Å²) in [5.41, 5.74) is 2.97. The Morgan fingerprint density at radius 3 is 2.42 bits per heavy atom. The van der Waals surface area contributed by atoms with E-state index in [1.807, 2.05) is 36.4 Å². The van der Waals surface area contributed by atoms with E-state index in [0.29, 0.717) is 23.5 Å². The van der Waals surface area contributed by atoms with Gasteiger partial charge in [0.2, 0.25) is 0 Å². The Bertz CT molecular complexity index is 1160. The maximum Gasteiger partial charge on any atom is 0.316 e. The average molecular weight is 414 g/mol. The zero-order valence-corrected chi connectivity index (χ0v) is 17.0. The summed E-state index contributed by atoms with van der Waals surface area (Å²) in [5, 5.41) is 11.9. The Hall–Kier alpha value is -3.77. The minimum absolute atomic E-state index is 0.324. The van der Waals surface area contributed by atoms with E-state index >= 15 is 0 Å². The Labute approximate surface area is 180 Å². The van der Waals surface area contributed by atoms with Crippen molar-refractivity contribution < 1.29 is 19.4 Å². The first-order chi connectivity index (χ1) is 15.2. The predicted molar refractivity (Wildman–Crippen MR) is 116 cm³/mol. The number of methoxy groups -OCH3 is 1. The molecule has 0 aliphatic heterocycles. The molecule has 4 aromatic rings. The fraction of sp³-hybridized carbons (Fsp3) is 0.160. The van der Waals surface area contributed by atoms with Crippen molar-refractivity contribution in [3.05, 3.63) is 102 Å². The monoisotopic (exact) mass is 414 g/mol. The van der Waals surface area contributed by atoms with Crippen LogP contribution in [0.3, 0.4) is 0 Å². The number of hydrogen-bond acceptors (Lipinski definition) is 6. The number of aromatic nitrogens is 2. The zero-order chi connectivity index (χ0) is 21.6. The number of rotatable bonds is 7. The van der Waals surface area contributed by atoms with Crippen LogP contribution in [0, 0.1) is 0 Å². The zero-order valence-electron chi connectivity index (χ0n) is 17.0. The lowest BCUT2D eigenvalue weighted by molar-refractivity contribution is -0.145. The molecular formula is C25H22N2O4. The second kappa shape index (κ2) is 9.36. The predicted octanol–water partition coefficient (Wildman–Crippen LogP) is 4.20. The Morgan fingerprint density at radius 1 is 0.935 bits per heavy atom. The third-order valence-corrected chi connectivity index (χ3v) is 5.10. The van der Waals surface area contributed by atoms with Crippen molar-refractivity contribution in [2.75, 3.05) is 7.11 Å². The molecule has 1 N–H and O–H groups in total. The van der Waals surface area contributed by atoms with E-state index in [9.17, 15) is 9.90 Å². The van der Waals surface area contributed by atoms with Crippen molar-refractivity contribution in [1.29, 1.82) is 0 Å². The fourth-order valence-corrected chi connectivity index (χ4v) is 3.44. The van der Waals surface area contributed by atoms with E-state index in [4.69, 9.17) is 9.47 Å². The molecule has 0 aliphatic rings. The summed E-state index contributed by atoms with van der Waals surface area (Å²) in [6.45, 7) is 0.324. The number of benzene rings is 2. The highest BCUT2D eigenvalue weighted by atomic mass is 16.5. The van der Waals surface area contributed by atoms with Gasteiger partial charge in [0, 0.05) is 17.8 Å². The molecular weight excluding hydrogens is 392 g/mol. The van der Waals surface area contributed by atoms with Gasteiger partial charge in [0.1, 0.15) is 18.3 Å². The molecule has 0 bridgehead atoms. The first kappa shape index (κ1) is 20.5. The van der Waals surface area contributed by atoms with Crippen molar-refractivity contribution in [2.24, 2.45) is 0 Å². The van der Waals surface area contributed by atoms with Gasteiger partial charge in [-0.25, -0.2) is 4.98 Å². The molecule has 2 aromatic heterocycles. The highest BCUT2D eigenvalue weighted by Gasteiger charge is 2.30. The van der Waals surface area contributed by atoms with Gasteiger partial charge in [0.05, 0.1) is 24.4 Å². The number of carbonyl (C=O) groups is 1. The minimum Gasteiger partial charge on any atom is -0.487 e. The molecule has 0 aliphatic carbocycles. The molecule has 0 fully saturated rings. The molecule has 2 aromatic carbocycles. The number of para-hydroxylation sites is 1. The van der Waals surface area contributed by atoms with Gasteiger partial charge in [0.25, 0.3) is 0 Å². The smallest absolute Gasteiger partial charge is 0.316 e. The molecule has 6 nitrogen and oxygen atoms in total. The molecule has 0 radical (unpaired) electrons. The number of aliphatic hydroxyl groups is 1. The number of pyridine rings is 2. The highest BCUT2D eigenvalue weighted by molar-refractivity contribution is 5.79. The normalized spacial score (nSPS) is 12.8. The number of esters is 1. The van der Waals surface area contributed by atoms with Gasteiger partial charge < -0.3 is 14.6 Å². The van der Waals surface area contributed by atoms with Crippen LogP contribution in [0.5, 0.6) is 5.75 Å². The van der Waals surface area contributed by atoms with Crippen molar-refractivity contribution in [2.45, 2.75) is 18.6 Å². The Morgan fingerprint density at radius 2 is 1.68 bits per heavy atom. The van der Waals surface area contributed by atoms with Crippen LogP contribution >= 0.6 is 0 Å². The van der Waals surface area contributed by atoms with Crippen LogP contribution in [0.15, 0.2) is 85.2 Å². The summed E-state index contributed by atoms with van der Waals surface area (Å²) in [6, 6.07) is 22.3. The van der Waals surface area contributed by atoms with Gasteiger partial charge in [0.15, 0.2) is 0 Å². The molecule has 0 saturated carbocycles. The third-order valence-electron chi connectivity index (χ3n) is 5.10. The van der Waals surface area contributed by atoms with Crippen LogP contribution in [0.2, 0.25) is 0 Å². The quantitative estimate of drug-likeness (QED) is 0.457. The fourth-order valence-electron chi connectivity index (χ4n) is 3.44. The molecule has 31 heavy (non-hydrogen) atoms. The van der Waals surface area contributed by atoms with Crippen molar-refractivity contribution in [3.63, 3.8) is 0 Å². The molecule has 0 amide bonds. The van der Waals surface area contributed by atoms with Gasteiger partial charge in [-0.15, -0.1) is 0 Å². The van der Waals surface area contributed by atoms with Gasteiger partial charge in [-0.2, -0.15) is 0 Å². The number of hydrogen-bond donors (Lipinski definition) is 1. The van der Waals surface area contributed by atoms with Crippen LogP contribution in [-0.4, -0.2) is 28.2 Å². The van der Waals surface area contributed by atoms with Crippen LogP contribution in [0.4, 0.5) is 0 Å². The summed E-state index contributed by atoms with van der Waals surface area (Å²) < 4.78 is 10.8. The standard InChI is InChI=1S/C25H22N2O4/c1-30-25(29)23(24(28)19-12-14-26-15-13-19)18-7-10-21(11-8-18)31-16-20-9-6-17-4-2-3-5-22(17)27-20/h2-15,23-24,28H,16H2,1H3. The number of ether oxygens (including phenoxy) is 2. The molecule has 0 saturated heterocycles. The lowest BCUT2D eigenvalue weighted by Gasteiger charge is -2.21. The molecule has 2 atom stereocenters. The maximum atomic E-state index is 12.4. The first-order valence-electron chi connectivity index (χ1n) is 9.89.